The topological polar surface area (TPSA) is 46.3 Å². The van der Waals surface area contributed by atoms with Gasteiger partial charge in [0.1, 0.15) is 17.4 Å². The second-order valence-electron chi connectivity index (χ2n) is 8.33. The molecule has 0 unspecified atom stereocenters. The molecule has 1 aliphatic heterocycles. The third-order valence-corrected chi connectivity index (χ3v) is 6.07. The molecule has 5 rings (SSSR count). The first-order valence-corrected chi connectivity index (χ1v) is 10.9. The number of aromatic nitrogens is 1. The van der Waals surface area contributed by atoms with Gasteiger partial charge in [-0.05, 0) is 59.9 Å². The first kappa shape index (κ1) is 22.1. The van der Waals surface area contributed by atoms with E-state index in [9.17, 15) is 22.4 Å². The van der Waals surface area contributed by atoms with Crippen molar-refractivity contribution in [2.24, 2.45) is 0 Å². The lowest BCUT2D eigenvalue weighted by Crippen LogP contribution is -2.32. The highest BCUT2D eigenvalue weighted by molar-refractivity contribution is 5.82. The Morgan fingerprint density at radius 2 is 1.82 bits per heavy atom. The van der Waals surface area contributed by atoms with Crippen LogP contribution in [0.15, 0.2) is 71.1 Å². The van der Waals surface area contributed by atoms with Gasteiger partial charge in [-0.3, -0.25) is 4.79 Å². The molecule has 3 aromatic carbocycles. The van der Waals surface area contributed by atoms with Gasteiger partial charge in [0.05, 0.1) is 12.0 Å². The molecule has 0 radical (unpaired) electrons. The molecule has 1 atom stereocenters. The Balaban J connectivity index is 1.42. The summed E-state index contributed by atoms with van der Waals surface area (Å²) in [6, 6.07) is 15.6. The maximum absolute atomic E-state index is 13.5. The van der Waals surface area contributed by atoms with E-state index in [-0.39, 0.29) is 29.8 Å². The third kappa shape index (κ3) is 4.27. The van der Waals surface area contributed by atoms with Crippen molar-refractivity contribution in [1.29, 1.82) is 0 Å². The highest BCUT2D eigenvalue weighted by Gasteiger charge is 2.35. The van der Waals surface area contributed by atoms with E-state index in [1.54, 1.807) is 41.3 Å². The van der Waals surface area contributed by atoms with Gasteiger partial charge in [0, 0.05) is 6.54 Å². The van der Waals surface area contributed by atoms with Crippen LogP contribution in [-0.2, 0) is 17.4 Å². The molecular weight excluding hydrogens is 448 g/mol. The van der Waals surface area contributed by atoms with Gasteiger partial charge in [-0.1, -0.05) is 36.4 Å². The summed E-state index contributed by atoms with van der Waals surface area (Å²) in [7, 11) is 0. The summed E-state index contributed by atoms with van der Waals surface area (Å²) in [6.07, 6.45) is -2.89. The van der Waals surface area contributed by atoms with Gasteiger partial charge in [-0.2, -0.15) is 13.2 Å². The van der Waals surface area contributed by atoms with E-state index in [1.165, 1.54) is 24.3 Å². The molecule has 0 aliphatic carbocycles. The highest BCUT2D eigenvalue weighted by Crippen LogP contribution is 2.39. The minimum absolute atomic E-state index is 0.0680. The number of benzene rings is 3. The number of hydrogen-bond donors (Lipinski definition) is 0. The molecule has 0 N–H and O–H groups in total. The normalized spacial score (nSPS) is 16.4. The maximum atomic E-state index is 13.5. The molecule has 1 amide bonds. The van der Waals surface area contributed by atoms with Crippen LogP contribution in [0.25, 0.3) is 22.2 Å². The van der Waals surface area contributed by atoms with Crippen molar-refractivity contribution in [3.05, 3.63) is 89.6 Å². The van der Waals surface area contributed by atoms with Gasteiger partial charge in [0.25, 0.3) is 0 Å². The molecule has 1 fully saturated rings. The van der Waals surface area contributed by atoms with E-state index < -0.39 is 11.7 Å². The number of likely N-dealkylation sites (tertiary alicyclic amines) is 1. The van der Waals surface area contributed by atoms with Gasteiger partial charge >= 0.3 is 6.18 Å². The molecule has 2 heterocycles. The fraction of sp³-hybridized carbons (Fsp3) is 0.231. The summed E-state index contributed by atoms with van der Waals surface area (Å²) in [5.41, 5.74) is 1.33. The Hall–Kier alpha value is -3.68. The Morgan fingerprint density at radius 1 is 1.06 bits per heavy atom. The third-order valence-electron chi connectivity index (χ3n) is 6.07. The van der Waals surface area contributed by atoms with Crippen LogP contribution in [0.5, 0.6) is 0 Å². The molecule has 0 saturated carbocycles. The van der Waals surface area contributed by atoms with E-state index >= 15 is 0 Å². The fourth-order valence-electron chi connectivity index (χ4n) is 4.44. The summed E-state index contributed by atoms with van der Waals surface area (Å²) >= 11 is 0. The van der Waals surface area contributed by atoms with E-state index in [2.05, 4.69) is 4.98 Å². The average molecular weight is 468 g/mol. The molecule has 1 aliphatic rings. The van der Waals surface area contributed by atoms with Crippen molar-refractivity contribution < 1.29 is 26.8 Å². The van der Waals surface area contributed by atoms with Crippen LogP contribution >= 0.6 is 0 Å². The van der Waals surface area contributed by atoms with Crippen LogP contribution in [0, 0.1) is 5.82 Å². The van der Waals surface area contributed by atoms with Crippen LogP contribution in [0.3, 0.4) is 0 Å². The molecule has 1 aromatic heterocycles. The van der Waals surface area contributed by atoms with Crippen molar-refractivity contribution in [3.63, 3.8) is 0 Å². The monoisotopic (exact) mass is 468 g/mol. The molecule has 8 heteroatoms. The predicted octanol–water partition coefficient (Wildman–Crippen LogP) is 6.56. The second kappa shape index (κ2) is 8.59. The lowest BCUT2D eigenvalue weighted by atomic mass is 9.99. The zero-order valence-electron chi connectivity index (χ0n) is 18.0. The Bertz CT molecular complexity index is 1350. The van der Waals surface area contributed by atoms with Crippen molar-refractivity contribution in [1.82, 2.24) is 9.88 Å². The Kier molecular flexibility index (Phi) is 5.59. The van der Waals surface area contributed by atoms with Crippen LogP contribution in [0.4, 0.5) is 17.6 Å². The minimum atomic E-state index is -4.48. The summed E-state index contributed by atoms with van der Waals surface area (Å²) in [4.78, 5) is 19.2. The molecular formula is C26H20F4N2O2. The zero-order chi connectivity index (χ0) is 23.9. The number of rotatable bonds is 4. The number of carbonyl (C=O) groups excluding carboxylic acids is 1. The van der Waals surface area contributed by atoms with Gasteiger partial charge in [-0.25, -0.2) is 9.37 Å². The van der Waals surface area contributed by atoms with Crippen LogP contribution in [0.1, 0.15) is 35.9 Å². The standard InChI is InChI=1S/C26H20F4N2O2/c27-18-10-7-16(8-11-18)14-24(33)32-13-3-6-22(32)25-31-21-15-17(9-12-23(21)34-25)19-4-1-2-5-20(19)26(28,29)30/h1-2,4-5,7-12,15,22H,3,6,13-14H2/t22-/m0/s1. The van der Waals surface area contributed by atoms with Crippen LogP contribution < -0.4 is 0 Å². The van der Waals surface area contributed by atoms with Crippen LogP contribution in [-0.4, -0.2) is 22.3 Å². The molecule has 34 heavy (non-hydrogen) atoms. The number of halogens is 4. The zero-order valence-corrected chi connectivity index (χ0v) is 18.0. The molecule has 1 saturated heterocycles. The van der Waals surface area contributed by atoms with Gasteiger partial charge in [-0.15, -0.1) is 0 Å². The summed E-state index contributed by atoms with van der Waals surface area (Å²) in [6.45, 7) is 0.549. The largest absolute Gasteiger partial charge is 0.438 e. The number of fused-ring (bicyclic) bond motifs is 1. The second-order valence-corrected chi connectivity index (χ2v) is 8.33. The molecule has 0 spiro atoms. The van der Waals surface area contributed by atoms with Crippen molar-refractivity contribution in [2.45, 2.75) is 31.5 Å². The summed E-state index contributed by atoms with van der Waals surface area (Å²) in [5.74, 6) is -0.115. The van der Waals surface area contributed by atoms with E-state index in [0.29, 0.717) is 41.1 Å². The quantitative estimate of drug-likeness (QED) is 0.319. The number of nitrogens with zero attached hydrogens (tertiary/aromatic N) is 2. The first-order chi connectivity index (χ1) is 16.3. The highest BCUT2D eigenvalue weighted by atomic mass is 19.4. The average Bonchev–Trinajstić information content (AvgIpc) is 3.46. The fourth-order valence-corrected chi connectivity index (χ4v) is 4.44. The Morgan fingerprint density at radius 3 is 2.59 bits per heavy atom. The Labute approximate surface area is 192 Å². The van der Waals surface area contributed by atoms with Gasteiger partial charge in [0.15, 0.2) is 5.58 Å². The van der Waals surface area contributed by atoms with Crippen molar-refractivity contribution in [3.8, 4) is 11.1 Å². The number of hydrogen-bond acceptors (Lipinski definition) is 3. The van der Waals surface area contributed by atoms with E-state index in [0.717, 1.165) is 12.5 Å². The van der Waals surface area contributed by atoms with E-state index in [4.69, 9.17) is 4.42 Å². The maximum Gasteiger partial charge on any atom is 0.417 e. The minimum Gasteiger partial charge on any atom is -0.438 e. The number of carbonyl (C=O) groups is 1. The summed E-state index contributed by atoms with van der Waals surface area (Å²) < 4.78 is 59.4. The number of amides is 1. The number of alkyl halides is 3. The van der Waals surface area contributed by atoms with Gasteiger partial charge < -0.3 is 9.32 Å². The molecule has 174 valence electrons. The molecule has 0 bridgehead atoms. The lowest BCUT2D eigenvalue weighted by molar-refractivity contribution is -0.137. The molecule has 4 aromatic rings. The van der Waals surface area contributed by atoms with Crippen molar-refractivity contribution >= 4 is 17.0 Å². The SMILES string of the molecule is O=C(Cc1ccc(F)cc1)N1CCC[C@H]1c1nc2cc(-c3ccccc3C(F)(F)F)ccc2o1. The smallest absolute Gasteiger partial charge is 0.417 e. The predicted molar refractivity (Wildman–Crippen MR) is 118 cm³/mol. The first-order valence-electron chi connectivity index (χ1n) is 10.9. The van der Waals surface area contributed by atoms with Crippen molar-refractivity contribution in [2.75, 3.05) is 6.54 Å². The van der Waals surface area contributed by atoms with Crippen LogP contribution in [0.2, 0.25) is 0 Å². The van der Waals surface area contributed by atoms with Gasteiger partial charge in [0.2, 0.25) is 11.8 Å². The van der Waals surface area contributed by atoms with E-state index in [1.807, 2.05) is 0 Å². The summed E-state index contributed by atoms with van der Waals surface area (Å²) in [5, 5.41) is 0. The number of oxazole rings is 1. The lowest BCUT2D eigenvalue weighted by Gasteiger charge is -2.22. The molecule has 4 nitrogen and oxygen atoms in total.